The number of likely N-dealkylation sites (tertiary alicyclic amines) is 1. The standard InChI is InChI=1S/C64H78F5N9O9S3/c1-42(14-22-56(65)66)51-39-63(2,3)28-24-44(51)40-76-34-36-77(37-35-76)47-17-15-43(16-18-47)59(80)74-90(86,87)49-19-20-52(55(38-49)89(84,85)64(67,68)69)72-46(41-88-48-10-5-4-6-11-48)27-33-75-31-25-45(26-32-75)70-29-7-8-30-71-53-13-9-12-50-58(53)62(83)78(61(50)82)54-21-23-57(79)73-60(54)81/h4-6,9-13,15-20,38,45-46,54,56,70-72H,1,7-8,14,21-37,39-41H2,2-3H3,(H,74,80)(H,73,79,81)/t46-,54?/m1/s1. The Kier molecular flexibility index (Phi) is 22.0. The van der Waals surface area contributed by atoms with Gasteiger partial charge in [0, 0.05) is 98.3 Å². The fourth-order valence-electron chi connectivity index (χ4n) is 12.2. The Morgan fingerprint density at radius 3 is 2.20 bits per heavy atom. The van der Waals surface area contributed by atoms with Gasteiger partial charge in [-0.05, 0) is 162 Å². The maximum atomic E-state index is 14.5. The number of amides is 5. The molecule has 4 aliphatic heterocycles. The molecule has 3 fully saturated rings. The van der Waals surface area contributed by atoms with Gasteiger partial charge in [0.25, 0.3) is 37.6 Å². The van der Waals surface area contributed by atoms with Crippen LogP contribution in [0.4, 0.5) is 39.0 Å². The monoisotopic (exact) mass is 1310 g/mol. The van der Waals surface area contributed by atoms with Crippen molar-refractivity contribution in [2.75, 3.05) is 86.7 Å². The fourth-order valence-corrected chi connectivity index (χ4v) is 15.2. The number of unbranched alkanes of at least 4 members (excludes halogenated alkanes) is 1. The van der Waals surface area contributed by atoms with Crippen LogP contribution in [-0.4, -0.2) is 162 Å². The number of anilines is 3. The van der Waals surface area contributed by atoms with Crippen molar-refractivity contribution in [2.24, 2.45) is 5.41 Å². The zero-order valence-corrected chi connectivity index (χ0v) is 53.0. The minimum Gasteiger partial charge on any atom is -0.384 e. The number of benzene rings is 4. The van der Waals surface area contributed by atoms with Gasteiger partial charge in [0.1, 0.15) is 10.9 Å². The van der Waals surface area contributed by atoms with Crippen LogP contribution >= 0.6 is 11.8 Å². The van der Waals surface area contributed by atoms with E-state index >= 15 is 0 Å². The quantitative estimate of drug-likeness (QED) is 0.0162. The van der Waals surface area contributed by atoms with Crippen molar-refractivity contribution in [1.29, 1.82) is 0 Å². The van der Waals surface area contributed by atoms with Gasteiger partial charge in [0.05, 0.1) is 21.7 Å². The number of alkyl halides is 5. The van der Waals surface area contributed by atoms with Gasteiger partial charge in [-0.15, -0.1) is 11.8 Å². The number of allylic oxidation sites excluding steroid dienone is 2. The van der Waals surface area contributed by atoms with E-state index in [1.165, 1.54) is 29.5 Å². The number of carbonyl (C=O) groups excluding carboxylic acids is 5. The molecular weight excluding hydrogens is 1230 g/mol. The van der Waals surface area contributed by atoms with Gasteiger partial charge >= 0.3 is 5.51 Å². The number of fused-ring (bicyclic) bond motifs is 1. The first kappa shape index (κ1) is 67.7. The maximum absolute atomic E-state index is 14.5. The first-order valence-electron chi connectivity index (χ1n) is 30.5. The number of sulfonamides is 1. The van der Waals surface area contributed by atoms with E-state index in [4.69, 9.17) is 0 Å². The average Bonchev–Trinajstić information content (AvgIpc) is 1.50. The van der Waals surface area contributed by atoms with E-state index in [1.807, 2.05) is 35.1 Å². The predicted octanol–water partition coefficient (Wildman–Crippen LogP) is 9.64. The van der Waals surface area contributed by atoms with Crippen molar-refractivity contribution in [3.8, 4) is 0 Å². The summed E-state index contributed by atoms with van der Waals surface area (Å²) in [5, 5.41) is 12.1. The Bertz CT molecular complexity index is 3560. The van der Waals surface area contributed by atoms with Gasteiger partial charge < -0.3 is 25.8 Å². The molecule has 0 bridgehead atoms. The zero-order valence-electron chi connectivity index (χ0n) is 50.5. The van der Waals surface area contributed by atoms with Crippen molar-refractivity contribution in [3.63, 3.8) is 0 Å². The number of nitrogens with one attached hydrogen (secondary N) is 5. The van der Waals surface area contributed by atoms with E-state index in [-0.39, 0.29) is 53.8 Å². The highest BCUT2D eigenvalue weighted by molar-refractivity contribution is 7.99. The summed E-state index contributed by atoms with van der Waals surface area (Å²) in [6.07, 6.45) is 3.90. The molecule has 1 unspecified atom stereocenters. The van der Waals surface area contributed by atoms with E-state index < -0.39 is 88.9 Å². The molecule has 4 aromatic rings. The van der Waals surface area contributed by atoms with Crippen molar-refractivity contribution in [2.45, 2.75) is 136 Å². The smallest absolute Gasteiger partial charge is 0.384 e. The molecule has 90 heavy (non-hydrogen) atoms. The van der Waals surface area contributed by atoms with Crippen LogP contribution < -0.4 is 30.9 Å². The molecule has 0 aromatic heterocycles. The molecular formula is C64H78F5N9O9S3. The summed E-state index contributed by atoms with van der Waals surface area (Å²) >= 11 is 1.42. The third-order valence-electron chi connectivity index (χ3n) is 17.4. The van der Waals surface area contributed by atoms with Crippen LogP contribution in [0.15, 0.2) is 129 Å². The summed E-state index contributed by atoms with van der Waals surface area (Å²) in [5.41, 5.74) is -1.50. The summed E-state index contributed by atoms with van der Waals surface area (Å²) in [6, 6.07) is 21.3. The molecule has 4 aromatic carbocycles. The lowest BCUT2D eigenvalue weighted by molar-refractivity contribution is -0.136. The average molecular weight is 1310 g/mol. The molecule has 1 aliphatic carbocycles. The second-order valence-electron chi connectivity index (χ2n) is 24.4. The van der Waals surface area contributed by atoms with E-state index in [1.54, 1.807) is 30.3 Å². The lowest BCUT2D eigenvalue weighted by Crippen LogP contribution is -2.54. The number of piperazine rings is 1. The Morgan fingerprint density at radius 2 is 1.51 bits per heavy atom. The number of rotatable bonds is 27. The first-order chi connectivity index (χ1) is 42.8. The molecule has 5 aliphatic rings. The third-order valence-corrected chi connectivity index (χ3v) is 21.4. The molecule has 18 nitrogen and oxygen atoms in total. The highest BCUT2D eigenvalue weighted by Crippen LogP contribution is 2.43. The molecule has 3 saturated heterocycles. The van der Waals surface area contributed by atoms with E-state index in [0.29, 0.717) is 89.4 Å². The molecule has 4 heterocycles. The summed E-state index contributed by atoms with van der Waals surface area (Å²) in [4.78, 5) is 70.8. The van der Waals surface area contributed by atoms with Gasteiger partial charge in [-0.2, -0.15) is 13.2 Å². The molecule has 2 atom stereocenters. The number of hydrogen-bond donors (Lipinski definition) is 5. The Morgan fingerprint density at radius 1 is 0.800 bits per heavy atom. The molecule has 486 valence electrons. The third kappa shape index (κ3) is 16.9. The molecule has 26 heteroatoms. The molecule has 0 saturated carbocycles. The first-order valence-corrected chi connectivity index (χ1v) is 34.5. The number of carbonyl (C=O) groups is 5. The van der Waals surface area contributed by atoms with Crippen LogP contribution in [0.5, 0.6) is 0 Å². The molecule has 9 rings (SSSR count). The zero-order chi connectivity index (χ0) is 64.5. The van der Waals surface area contributed by atoms with E-state index in [2.05, 4.69) is 56.4 Å². The highest BCUT2D eigenvalue weighted by atomic mass is 32.2. The Balaban J connectivity index is 0.770. The van der Waals surface area contributed by atoms with Gasteiger partial charge in [-0.3, -0.25) is 39.1 Å². The predicted molar refractivity (Wildman–Crippen MR) is 336 cm³/mol. The van der Waals surface area contributed by atoms with Crippen molar-refractivity contribution in [1.82, 2.24) is 30.1 Å². The topological polar surface area (TPSA) is 227 Å². The minimum atomic E-state index is -6.15. The normalized spacial score (nSPS) is 19.3. The number of imide groups is 2. The molecule has 5 amide bonds. The van der Waals surface area contributed by atoms with E-state index in [0.717, 1.165) is 83.7 Å². The highest BCUT2D eigenvalue weighted by Gasteiger charge is 2.49. The summed E-state index contributed by atoms with van der Waals surface area (Å²) in [6.45, 7) is 15.1. The second-order valence-corrected chi connectivity index (χ2v) is 29.1. The van der Waals surface area contributed by atoms with Gasteiger partial charge in [0.2, 0.25) is 18.2 Å². The van der Waals surface area contributed by atoms with Crippen molar-refractivity contribution >= 4 is 78.2 Å². The Labute approximate surface area is 527 Å². The number of thioether (sulfide) groups is 1. The largest absolute Gasteiger partial charge is 0.501 e. The van der Waals surface area contributed by atoms with Crippen LogP contribution in [0.25, 0.3) is 0 Å². The van der Waals surface area contributed by atoms with Crippen LogP contribution in [-0.2, 0) is 29.4 Å². The summed E-state index contributed by atoms with van der Waals surface area (Å²) < 4.78 is 126. The summed E-state index contributed by atoms with van der Waals surface area (Å²) in [7, 11) is -11.1. The lowest BCUT2D eigenvalue weighted by atomic mass is 9.72. The molecule has 0 radical (unpaired) electrons. The number of piperidine rings is 2. The van der Waals surface area contributed by atoms with Crippen molar-refractivity contribution < 1.29 is 62.8 Å². The van der Waals surface area contributed by atoms with Gasteiger partial charge in [-0.25, -0.2) is 30.3 Å². The van der Waals surface area contributed by atoms with Crippen LogP contribution in [0.1, 0.15) is 122 Å². The molecule has 0 spiro atoms. The van der Waals surface area contributed by atoms with Crippen LogP contribution in [0, 0.1) is 5.41 Å². The SMILES string of the molecule is C=C(CCC(F)F)C1=C(CN2CCN(c3ccc(C(=O)NS(=O)(=O)c4ccc(N[C@H](CCN5CCC(NCCCCNc6cccc7c6C(=O)N(C6CCC(=O)NC6=O)C7=O)CC5)CSc5ccccc5)c(S(=O)(=O)C(F)(F)F)c4)cc3)CC2)CCC(C)(C)C1. The van der Waals surface area contributed by atoms with Crippen LogP contribution in [0.2, 0.25) is 0 Å². The van der Waals surface area contributed by atoms with E-state index in [9.17, 15) is 62.8 Å². The second kappa shape index (κ2) is 29.3. The summed E-state index contributed by atoms with van der Waals surface area (Å²) in [5.74, 6) is -3.06. The van der Waals surface area contributed by atoms with Gasteiger partial charge in [-0.1, -0.05) is 55.8 Å². The number of halogens is 5. The number of hydrogen-bond acceptors (Lipinski definition) is 16. The number of sulfone groups is 1. The Hall–Kier alpha value is -6.71. The number of nitrogens with zero attached hydrogens (tertiary/aromatic N) is 4. The lowest BCUT2D eigenvalue weighted by Gasteiger charge is -2.39. The minimum absolute atomic E-state index is 0.0236. The van der Waals surface area contributed by atoms with Crippen LogP contribution in [0.3, 0.4) is 0 Å². The van der Waals surface area contributed by atoms with Crippen molar-refractivity contribution in [3.05, 3.63) is 131 Å². The fraction of sp³-hybridized carbons (Fsp3) is 0.484. The maximum Gasteiger partial charge on any atom is 0.501 e. The van der Waals surface area contributed by atoms with Gasteiger partial charge in [0.15, 0.2) is 0 Å². The molecule has 5 N–H and O–H groups in total.